The number of carbonyl (C=O) groups excluding carboxylic acids is 1. The molecule has 27 heavy (non-hydrogen) atoms. The second-order valence-corrected chi connectivity index (χ2v) is 7.36. The van der Waals surface area contributed by atoms with E-state index < -0.39 is 0 Å². The van der Waals surface area contributed by atoms with E-state index in [2.05, 4.69) is 15.5 Å². The van der Waals surface area contributed by atoms with Gasteiger partial charge in [0, 0.05) is 12.1 Å². The summed E-state index contributed by atoms with van der Waals surface area (Å²) in [5.74, 6) is 1.14. The molecule has 2 aromatic carbocycles. The van der Waals surface area contributed by atoms with Gasteiger partial charge in [0.25, 0.3) is 5.22 Å². The fourth-order valence-corrected chi connectivity index (χ4v) is 3.06. The molecule has 0 radical (unpaired) electrons. The summed E-state index contributed by atoms with van der Waals surface area (Å²) in [4.78, 5) is 12.3. The zero-order valence-electron chi connectivity index (χ0n) is 15.4. The summed E-state index contributed by atoms with van der Waals surface area (Å²) in [6, 6.07) is 15.4. The normalized spacial score (nSPS) is 11.8. The van der Waals surface area contributed by atoms with Gasteiger partial charge in [0.1, 0.15) is 5.75 Å². The Balaban J connectivity index is 1.54. The van der Waals surface area contributed by atoms with Crippen LogP contribution >= 0.6 is 11.8 Å². The molecule has 0 aliphatic carbocycles. The molecule has 1 aromatic heterocycles. The number of hydrogen-bond donors (Lipinski definition) is 1. The second-order valence-electron chi connectivity index (χ2n) is 6.07. The van der Waals surface area contributed by atoms with Gasteiger partial charge < -0.3 is 14.5 Å². The number of rotatable bonds is 7. The van der Waals surface area contributed by atoms with Crippen LogP contribution in [-0.4, -0.2) is 28.5 Å². The van der Waals surface area contributed by atoms with Crippen LogP contribution in [0.3, 0.4) is 0 Å². The molecule has 0 unspecified atom stereocenters. The van der Waals surface area contributed by atoms with Crippen LogP contribution < -0.4 is 10.1 Å². The van der Waals surface area contributed by atoms with Gasteiger partial charge in [0.05, 0.1) is 12.4 Å². The monoisotopic (exact) mass is 383 g/mol. The van der Waals surface area contributed by atoms with E-state index in [0.717, 1.165) is 22.4 Å². The number of nitrogens with one attached hydrogen (secondary N) is 1. The highest BCUT2D eigenvalue weighted by atomic mass is 32.2. The first-order valence-corrected chi connectivity index (χ1v) is 9.41. The molecule has 0 bridgehead atoms. The van der Waals surface area contributed by atoms with Gasteiger partial charge in [-0.3, -0.25) is 4.79 Å². The number of aromatic nitrogens is 2. The molecule has 6 nitrogen and oxygen atoms in total. The second kappa shape index (κ2) is 8.73. The Kier molecular flexibility index (Phi) is 6.13. The molecular weight excluding hydrogens is 362 g/mol. The van der Waals surface area contributed by atoms with E-state index in [1.807, 2.05) is 62.4 Å². The number of ether oxygens (including phenoxy) is 1. The SMILES string of the molecule is COc1ccc(CNC(=O)[C@H](C)Sc2nnc(-c3ccc(C)cc3)o2)cc1. The molecule has 0 fully saturated rings. The number of hydrogen-bond acceptors (Lipinski definition) is 6. The van der Waals surface area contributed by atoms with Crippen molar-refractivity contribution in [3.05, 3.63) is 59.7 Å². The third-order valence-electron chi connectivity index (χ3n) is 3.98. The number of aryl methyl sites for hydroxylation is 1. The van der Waals surface area contributed by atoms with Crippen molar-refractivity contribution in [3.63, 3.8) is 0 Å². The molecule has 0 aliphatic rings. The minimum atomic E-state index is -0.352. The number of carbonyl (C=O) groups is 1. The van der Waals surface area contributed by atoms with E-state index in [9.17, 15) is 4.79 Å². The van der Waals surface area contributed by atoms with E-state index >= 15 is 0 Å². The third kappa shape index (κ3) is 5.10. The predicted molar refractivity (Wildman–Crippen MR) is 105 cm³/mol. The highest BCUT2D eigenvalue weighted by Crippen LogP contribution is 2.26. The van der Waals surface area contributed by atoms with Crippen LogP contribution in [0.4, 0.5) is 0 Å². The summed E-state index contributed by atoms with van der Waals surface area (Å²) in [5, 5.41) is 11.0. The Morgan fingerprint density at radius 3 is 2.52 bits per heavy atom. The van der Waals surface area contributed by atoms with Gasteiger partial charge in [-0.05, 0) is 43.7 Å². The molecule has 7 heteroatoms. The van der Waals surface area contributed by atoms with Crippen molar-refractivity contribution in [2.75, 3.05) is 7.11 Å². The van der Waals surface area contributed by atoms with Crippen molar-refractivity contribution < 1.29 is 13.9 Å². The largest absolute Gasteiger partial charge is 0.497 e. The van der Waals surface area contributed by atoms with Crippen LogP contribution in [-0.2, 0) is 11.3 Å². The highest BCUT2D eigenvalue weighted by molar-refractivity contribution is 8.00. The average Bonchev–Trinajstić information content (AvgIpc) is 3.15. The fourth-order valence-electron chi connectivity index (χ4n) is 2.35. The van der Waals surface area contributed by atoms with Crippen molar-refractivity contribution in [3.8, 4) is 17.2 Å². The lowest BCUT2D eigenvalue weighted by molar-refractivity contribution is -0.120. The molecule has 140 valence electrons. The third-order valence-corrected chi connectivity index (χ3v) is 4.91. The zero-order chi connectivity index (χ0) is 19.2. The highest BCUT2D eigenvalue weighted by Gasteiger charge is 2.18. The molecule has 3 aromatic rings. The molecule has 1 amide bonds. The molecule has 0 saturated carbocycles. The lowest BCUT2D eigenvalue weighted by Gasteiger charge is -2.10. The Morgan fingerprint density at radius 1 is 1.15 bits per heavy atom. The maximum absolute atomic E-state index is 12.3. The van der Waals surface area contributed by atoms with E-state index in [1.54, 1.807) is 7.11 Å². The van der Waals surface area contributed by atoms with Crippen molar-refractivity contribution >= 4 is 17.7 Å². The Morgan fingerprint density at radius 2 is 1.85 bits per heavy atom. The summed E-state index contributed by atoms with van der Waals surface area (Å²) in [6.45, 7) is 4.28. The van der Waals surface area contributed by atoms with E-state index in [4.69, 9.17) is 9.15 Å². The van der Waals surface area contributed by atoms with Crippen LogP contribution in [0.2, 0.25) is 0 Å². The average molecular weight is 383 g/mol. The molecule has 3 rings (SSSR count). The van der Waals surface area contributed by atoms with Crippen molar-refractivity contribution in [1.29, 1.82) is 0 Å². The molecule has 0 spiro atoms. The zero-order valence-corrected chi connectivity index (χ0v) is 16.2. The maximum atomic E-state index is 12.3. The molecular formula is C20H21N3O3S. The van der Waals surface area contributed by atoms with E-state index in [-0.39, 0.29) is 11.2 Å². The summed E-state index contributed by atoms with van der Waals surface area (Å²) >= 11 is 1.24. The van der Waals surface area contributed by atoms with Crippen LogP contribution in [0.5, 0.6) is 5.75 Å². The predicted octanol–water partition coefficient (Wildman–Crippen LogP) is 3.85. The number of methoxy groups -OCH3 is 1. The lowest BCUT2D eigenvalue weighted by Crippen LogP contribution is -2.30. The van der Waals surface area contributed by atoms with Crippen LogP contribution in [0.25, 0.3) is 11.5 Å². The molecule has 1 heterocycles. The smallest absolute Gasteiger partial charge is 0.277 e. The quantitative estimate of drug-likeness (QED) is 0.625. The van der Waals surface area contributed by atoms with E-state index in [0.29, 0.717) is 17.7 Å². The summed E-state index contributed by atoms with van der Waals surface area (Å²) < 4.78 is 10.8. The van der Waals surface area contributed by atoms with Crippen molar-refractivity contribution in [1.82, 2.24) is 15.5 Å². The minimum Gasteiger partial charge on any atom is -0.497 e. The standard InChI is InChI=1S/C20H21N3O3S/c1-13-4-8-16(9-5-13)19-22-23-20(26-19)27-14(2)18(24)21-12-15-6-10-17(25-3)11-7-15/h4-11,14H,12H2,1-3H3,(H,21,24)/t14-/m0/s1. The van der Waals surface area contributed by atoms with Gasteiger partial charge in [0.2, 0.25) is 11.8 Å². The number of nitrogens with zero attached hydrogens (tertiary/aromatic N) is 2. The van der Waals surface area contributed by atoms with Gasteiger partial charge in [-0.2, -0.15) is 0 Å². The number of benzene rings is 2. The van der Waals surface area contributed by atoms with Crippen LogP contribution in [0, 0.1) is 6.92 Å². The van der Waals surface area contributed by atoms with Gasteiger partial charge in [-0.15, -0.1) is 10.2 Å². The summed E-state index contributed by atoms with van der Waals surface area (Å²) in [7, 11) is 1.62. The van der Waals surface area contributed by atoms with Gasteiger partial charge in [-0.25, -0.2) is 0 Å². The van der Waals surface area contributed by atoms with Crippen molar-refractivity contribution in [2.24, 2.45) is 0 Å². The van der Waals surface area contributed by atoms with Gasteiger partial charge in [-0.1, -0.05) is 41.6 Å². The number of amides is 1. The molecule has 0 saturated heterocycles. The topological polar surface area (TPSA) is 77.2 Å². The molecule has 1 N–H and O–H groups in total. The van der Waals surface area contributed by atoms with Gasteiger partial charge in [0.15, 0.2) is 0 Å². The van der Waals surface area contributed by atoms with E-state index in [1.165, 1.54) is 11.8 Å². The van der Waals surface area contributed by atoms with Gasteiger partial charge >= 0.3 is 0 Å². The first kappa shape index (κ1) is 19.0. The fraction of sp³-hybridized carbons (Fsp3) is 0.250. The Hall–Kier alpha value is -2.80. The van der Waals surface area contributed by atoms with Crippen LogP contribution in [0.1, 0.15) is 18.1 Å². The maximum Gasteiger partial charge on any atom is 0.277 e. The van der Waals surface area contributed by atoms with Crippen molar-refractivity contribution in [2.45, 2.75) is 30.9 Å². The number of thioether (sulfide) groups is 1. The molecule has 0 aliphatic heterocycles. The van der Waals surface area contributed by atoms with Crippen LogP contribution in [0.15, 0.2) is 58.2 Å². The summed E-state index contributed by atoms with van der Waals surface area (Å²) in [6.07, 6.45) is 0. The molecule has 1 atom stereocenters. The first-order valence-electron chi connectivity index (χ1n) is 8.53. The first-order chi connectivity index (χ1) is 13.0. The Bertz CT molecular complexity index is 892. The summed E-state index contributed by atoms with van der Waals surface area (Å²) in [5.41, 5.74) is 3.02. The minimum absolute atomic E-state index is 0.0918. The lowest BCUT2D eigenvalue weighted by atomic mass is 10.1. The Labute approximate surface area is 162 Å².